The summed E-state index contributed by atoms with van der Waals surface area (Å²) in [4.78, 5) is 61.6. The van der Waals surface area contributed by atoms with E-state index < -0.39 is 60.2 Å². The topological polar surface area (TPSA) is 156 Å². The first-order valence-electron chi connectivity index (χ1n) is 8.62. The Labute approximate surface area is 166 Å². The lowest BCUT2D eigenvalue weighted by atomic mass is 9.92. The lowest BCUT2D eigenvalue weighted by Gasteiger charge is -2.44. The summed E-state index contributed by atoms with van der Waals surface area (Å²) >= 11 is 0. The summed E-state index contributed by atoms with van der Waals surface area (Å²) in [7, 11) is 0. The number of amides is 1. The van der Waals surface area contributed by atoms with Gasteiger partial charge in [0.25, 0.3) is 0 Å². The van der Waals surface area contributed by atoms with Crippen molar-refractivity contribution in [3.8, 4) is 0 Å². The molecule has 0 aliphatic carbocycles. The number of carbonyl (C=O) groups excluding carboxylic acids is 5. The van der Waals surface area contributed by atoms with E-state index in [2.05, 4.69) is 15.3 Å². The SMILES string of the molecule is CC(=O)N[C@@H]1[C@@H](OC(C)=O)[C@H](OC(C)=O)[C@@H](COC(C)=O)O[C@H]1/C=N\OC(C)=O. The van der Waals surface area contributed by atoms with Gasteiger partial charge in [-0.15, -0.1) is 0 Å². The van der Waals surface area contributed by atoms with Gasteiger partial charge < -0.3 is 29.1 Å². The van der Waals surface area contributed by atoms with Crippen molar-refractivity contribution in [1.82, 2.24) is 5.32 Å². The second-order valence-corrected chi connectivity index (χ2v) is 6.15. The molecule has 0 unspecified atom stereocenters. The third-order valence-electron chi connectivity index (χ3n) is 3.54. The van der Waals surface area contributed by atoms with Crippen LogP contribution < -0.4 is 5.32 Å². The van der Waals surface area contributed by atoms with Crippen LogP contribution in [-0.2, 0) is 47.8 Å². The van der Waals surface area contributed by atoms with Gasteiger partial charge in [0.05, 0.1) is 6.21 Å². The fourth-order valence-corrected chi connectivity index (χ4v) is 2.66. The maximum Gasteiger partial charge on any atom is 0.331 e. The molecule has 0 aromatic rings. The number of hydrogen-bond acceptors (Lipinski definition) is 11. The normalized spacial score (nSPS) is 26.3. The van der Waals surface area contributed by atoms with E-state index in [1.165, 1.54) is 13.8 Å². The van der Waals surface area contributed by atoms with E-state index in [4.69, 9.17) is 18.9 Å². The van der Waals surface area contributed by atoms with E-state index in [0.29, 0.717) is 0 Å². The van der Waals surface area contributed by atoms with Crippen molar-refractivity contribution in [2.45, 2.75) is 65.1 Å². The molecular formula is C17H24N2O10. The zero-order valence-electron chi connectivity index (χ0n) is 16.7. The minimum atomic E-state index is -1.21. The van der Waals surface area contributed by atoms with Crippen LogP contribution in [0.25, 0.3) is 0 Å². The largest absolute Gasteiger partial charge is 0.463 e. The van der Waals surface area contributed by atoms with E-state index in [0.717, 1.165) is 27.0 Å². The highest BCUT2D eigenvalue weighted by Crippen LogP contribution is 2.26. The van der Waals surface area contributed by atoms with Crippen LogP contribution in [0.15, 0.2) is 5.16 Å². The number of oxime groups is 1. The Kier molecular flexibility index (Phi) is 9.19. The summed E-state index contributed by atoms with van der Waals surface area (Å²) in [6, 6.07) is -1.05. The molecule has 1 rings (SSSR count). The van der Waals surface area contributed by atoms with Gasteiger partial charge in [-0.2, -0.15) is 0 Å². The molecule has 12 nitrogen and oxygen atoms in total. The number of esters is 3. The van der Waals surface area contributed by atoms with Crippen LogP contribution >= 0.6 is 0 Å². The summed E-state index contributed by atoms with van der Waals surface area (Å²) in [5, 5.41) is 6.02. The molecule has 0 saturated carbocycles. The van der Waals surface area contributed by atoms with Crippen LogP contribution in [0, 0.1) is 0 Å². The summed E-state index contributed by atoms with van der Waals surface area (Å²) in [6.45, 7) is 5.45. The summed E-state index contributed by atoms with van der Waals surface area (Å²) in [5.41, 5.74) is 0. The highest BCUT2D eigenvalue weighted by atomic mass is 16.7. The second-order valence-electron chi connectivity index (χ2n) is 6.15. The van der Waals surface area contributed by atoms with Gasteiger partial charge in [0.15, 0.2) is 12.2 Å². The zero-order valence-corrected chi connectivity index (χ0v) is 16.7. The first kappa shape index (κ1) is 24.0. The Hall–Kier alpha value is -3.02. The quantitative estimate of drug-likeness (QED) is 0.184. The molecule has 1 N–H and O–H groups in total. The zero-order chi connectivity index (χ0) is 22.1. The lowest BCUT2D eigenvalue weighted by Crippen LogP contribution is -2.66. The molecule has 1 saturated heterocycles. The minimum absolute atomic E-state index is 0.338. The van der Waals surface area contributed by atoms with Gasteiger partial charge in [-0.3, -0.25) is 19.2 Å². The number of nitrogens with zero attached hydrogens (tertiary/aromatic N) is 1. The molecule has 0 bridgehead atoms. The Morgan fingerprint density at radius 2 is 1.48 bits per heavy atom. The summed E-state index contributed by atoms with van der Waals surface area (Å²) in [6.07, 6.45) is -3.47. The summed E-state index contributed by atoms with van der Waals surface area (Å²) < 4.78 is 21.2. The molecule has 5 atom stereocenters. The number of hydrogen-bond donors (Lipinski definition) is 1. The molecule has 0 aromatic carbocycles. The third-order valence-corrected chi connectivity index (χ3v) is 3.54. The molecule has 0 spiro atoms. The van der Waals surface area contributed by atoms with Crippen molar-refractivity contribution in [1.29, 1.82) is 0 Å². The van der Waals surface area contributed by atoms with Gasteiger partial charge in [-0.1, -0.05) is 5.16 Å². The molecular weight excluding hydrogens is 392 g/mol. The van der Waals surface area contributed by atoms with Gasteiger partial charge in [0.2, 0.25) is 5.91 Å². The molecule has 1 heterocycles. The van der Waals surface area contributed by atoms with E-state index in [9.17, 15) is 24.0 Å². The maximum atomic E-state index is 11.7. The monoisotopic (exact) mass is 416 g/mol. The standard InChI is InChI=1S/C17H24N2O10/c1-8(20)19-15-13(6-18-29-12(5)24)28-14(7-25-9(2)21)16(26-10(3)22)17(15)27-11(4)23/h6,13-17H,7H2,1-5H3,(H,19,20)/b18-6-/t13-,14+,15-,16+,17+/m0/s1. The second kappa shape index (κ2) is 11.1. The van der Waals surface area contributed by atoms with Crippen LogP contribution in [0.5, 0.6) is 0 Å². The molecule has 1 fully saturated rings. The van der Waals surface area contributed by atoms with E-state index in [-0.39, 0.29) is 6.61 Å². The van der Waals surface area contributed by atoms with Crippen molar-refractivity contribution >= 4 is 36.0 Å². The van der Waals surface area contributed by atoms with Gasteiger partial charge in [-0.25, -0.2) is 4.79 Å². The van der Waals surface area contributed by atoms with Crippen molar-refractivity contribution in [3.05, 3.63) is 0 Å². The smallest absolute Gasteiger partial charge is 0.331 e. The van der Waals surface area contributed by atoms with Crippen LogP contribution in [0.4, 0.5) is 0 Å². The van der Waals surface area contributed by atoms with Crippen LogP contribution in [0.3, 0.4) is 0 Å². The molecule has 1 aliphatic rings. The van der Waals surface area contributed by atoms with Crippen LogP contribution in [0.2, 0.25) is 0 Å². The van der Waals surface area contributed by atoms with Crippen LogP contribution in [-0.4, -0.2) is 73.1 Å². The average molecular weight is 416 g/mol. The number of carbonyl (C=O) groups is 5. The predicted octanol–water partition coefficient (Wildman–Crippen LogP) is -0.766. The highest BCUT2D eigenvalue weighted by Gasteiger charge is 2.50. The number of rotatable bonds is 7. The fourth-order valence-electron chi connectivity index (χ4n) is 2.66. The third kappa shape index (κ3) is 8.25. The van der Waals surface area contributed by atoms with E-state index in [1.807, 2.05) is 0 Å². The van der Waals surface area contributed by atoms with Gasteiger partial charge in [0, 0.05) is 34.6 Å². The van der Waals surface area contributed by atoms with Gasteiger partial charge >= 0.3 is 23.9 Å². The van der Waals surface area contributed by atoms with Crippen LogP contribution in [0.1, 0.15) is 34.6 Å². The first-order valence-corrected chi connectivity index (χ1v) is 8.62. The van der Waals surface area contributed by atoms with E-state index in [1.54, 1.807) is 0 Å². The Balaban J connectivity index is 3.31. The molecule has 29 heavy (non-hydrogen) atoms. The Morgan fingerprint density at radius 3 is 1.97 bits per heavy atom. The van der Waals surface area contributed by atoms with Crippen molar-refractivity contribution < 1.29 is 47.8 Å². The fraction of sp³-hybridized carbons (Fsp3) is 0.647. The molecule has 0 aromatic heterocycles. The van der Waals surface area contributed by atoms with Gasteiger partial charge in [0.1, 0.15) is 24.9 Å². The molecule has 1 amide bonds. The number of nitrogens with one attached hydrogen (secondary N) is 1. The van der Waals surface area contributed by atoms with Crippen molar-refractivity contribution in [2.24, 2.45) is 5.16 Å². The van der Waals surface area contributed by atoms with Crippen molar-refractivity contribution in [2.75, 3.05) is 6.61 Å². The molecule has 0 radical (unpaired) electrons. The first-order chi connectivity index (χ1) is 13.5. The van der Waals surface area contributed by atoms with Crippen molar-refractivity contribution in [3.63, 3.8) is 0 Å². The molecule has 12 heteroatoms. The summed E-state index contributed by atoms with van der Waals surface area (Å²) in [5.74, 6) is -3.24. The highest BCUT2D eigenvalue weighted by molar-refractivity contribution is 5.76. The predicted molar refractivity (Wildman–Crippen MR) is 94.3 cm³/mol. The molecule has 1 aliphatic heterocycles. The maximum absolute atomic E-state index is 11.7. The Bertz CT molecular complexity index is 677. The number of ether oxygens (including phenoxy) is 4. The van der Waals surface area contributed by atoms with E-state index >= 15 is 0 Å². The minimum Gasteiger partial charge on any atom is -0.463 e. The average Bonchev–Trinajstić information content (AvgIpc) is 2.56. The molecule has 162 valence electrons. The Morgan fingerprint density at radius 1 is 0.897 bits per heavy atom. The lowest BCUT2D eigenvalue weighted by molar-refractivity contribution is -0.214. The van der Waals surface area contributed by atoms with Gasteiger partial charge in [-0.05, 0) is 0 Å².